The van der Waals surface area contributed by atoms with Gasteiger partial charge in [0.15, 0.2) is 11.7 Å². The number of nitrogens with one attached hydrogen (secondary N) is 3. The molecule has 1 aromatic heterocycles. The first-order valence-corrected chi connectivity index (χ1v) is 9.73. The van der Waals surface area contributed by atoms with Gasteiger partial charge >= 0.3 is 0 Å². The molecule has 164 valence electrons. The summed E-state index contributed by atoms with van der Waals surface area (Å²) in [6.07, 6.45) is 1.47. The van der Waals surface area contributed by atoms with Crippen LogP contribution < -0.4 is 16.0 Å². The van der Waals surface area contributed by atoms with Crippen molar-refractivity contribution in [2.24, 2.45) is 4.99 Å². The third-order valence-corrected chi connectivity index (χ3v) is 4.62. The van der Waals surface area contributed by atoms with Gasteiger partial charge in [-0.1, -0.05) is 42.5 Å². The zero-order valence-electron chi connectivity index (χ0n) is 17.2. The summed E-state index contributed by atoms with van der Waals surface area (Å²) < 4.78 is 5.11. The third-order valence-electron chi connectivity index (χ3n) is 4.62. The molecule has 0 saturated carbocycles. The predicted octanol–water partition coefficient (Wildman–Crippen LogP) is 3.59. The van der Waals surface area contributed by atoms with Crippen molar-refractivity contribution < 1.29 is 14.3 Å². The molecule has 2 aromatic carbocycles. The zero-order valence-corrected chi connectivity index (χ0v) is 19.6. The van der Waals surface area contributed by atoms with Crippen LogP contribution in [0.2, 0.25) is 0 Å². The average Bonchev–Trinajstić information content (AvgIpc) is 3.32. The van der Waals surface area contributed by atoms with E-state index in [1.54, 1.807) is 19.2 Å². The maximum atomic E-state index is 12.1. The fourth-order valence-corrected chi connectivity index (χ4v) is 3.00. The van der Waals surface area contributed by atoms with Gasteiger partial charge in [0, 0.05) is 31.7 Å². The number of guanidine groups is 1. The Balaban J connectivity index is 0.00000341. The molecule has 3 aromatic rings. The van der Waals surface area contributed by atoms with Crippen LogP contribution in [0.1, 0.15) is 27.6 Å². The molecule has 0 aliphatic heterocycles. The smallest absolute Gasteiger partial charge is 0.291 e. The van der Waals surface area contributed by atoms with Crippen molar-refractivity contribution in [2.75, 3.05) is 25.5 Å². The van der Waals surface area contributed by atoms with Crippen LogP contribution in [0.5, 0.6) is 0 Å². The number of hydrogen-bond donors (Lipinski definition) is 4. The van der Waals surface area contributed by atoms with Gasteiger partial charge in [0.1, 0.15) is 0 Å². The molecule has 1 amide bonds. The molecule has 31 heavy (non-hydrogen) atoms. The molecule has 0 saturated heterocycles. The fraction of sp³-hybridized carbons (Fsp3) is 0.217. The number of hydrogen-bond acceptors (Lipinski definition) is 4. The van der Waals surface area contributed by atoms with Gasteiger partial charge in [0.2, 0.25) is 0 Å². The number of aliphatic hydroxyl groups excluding tert-OH is 1. The van der Waals surface area contributed by atoms with Gasteiger partial charge < -0.3 is 25.5 Å². The van der Waals surface area contributed by atoms with E-state index in [2.05, 4.69) is 20.9 Å². The maximum absolute atomic E-state index is 12.1. The summed E-state index contributed by atoms with van der Waals surface area (Å²) in [6.45, 7) is 1.13. The molecule has 1 atom stereocenters. The molecule has 7 nitrogen and oxygen atoms in total. The van der Waals surface area contributed by atoms with E-state index in [0.717, 1.165) is 11.1 Å². The van der Waals surface area contributed by atoms with Gasteiger partial charge in [0.25, 0.3) is 5.91 Å². The second-order valence-corrected chi connectivity index (χ2v) is 6.73. The highest BCUT2D eigenvalue weighted by Gasteiger charge is 2.11. The number of benzene rings is 2. The van der Waals surface area contributed by atoms with Gasteiger partial charge in [-0.3, -0.25) is 9.79 Å². The van der Waals surface area contributed by atoms with Crippen molar-refractivity contribution in [3.05, 3.63) is 89.9 Å². The number of rotatable bonds is 8. The molecule has 8 heteroatoms. The first-order valence-electron chi connectivity index (χ1n) is 9.73. The maximum Gasteiger partial charge on any atom is 0.291 e. The number of carbonyl (C=O) groups is 1. The van der Waals surface area contributed by atoms with Crippen molar-refractivity contribution in [2.45, 2.75) is 12.5 Å². The minimum absolute atomic E-state index is 0. The second kappa shape index (κ2) is 12.8. The van der Waals surface area contributed by atoms with Crippen LogP contribution in [0.3, 0.4) is 0 Å². The zero-order chi connectivity index (χ0) is 21.2. The van der Waals surface area contributed by atoms with Crippen LogP contribution >= 0.6 is 24.0 Å². The number of furan rings is 1. The summed E-state index contributed by atoms with van der Waals surface area (Å²) in [5.74, 6) is 0.581. The SMILES string of the molecule is CN=C(NCc1cccc(NC(=O)c2ccco2)c1)NCC(CO)c1ccccc1.I. The summed E-state index contributed by atoms with van der Waals surface area (Å²) >= 11 is 0. The van der Waals surface area contributed by atoms with E-state index in [0.29, 0.717) is 24.7 Å². The molecule has 1 heterocycles. The molecule has 0 radical (unpaired) electrons. The van der Waals surface area contributed by atoms with Crippen LogP contribution in [0.4, 0.5) is 5.69 Å². The normalized spacial score (nSPS) is 11.9. The van der Waals surface area contributed by atoms with E-state index in [9.17, 15) is 9.90 Å². The number of aliphatic imine (C=N–C) groups is 1. The number of carbonyl (C=O) groups excluding carboxylic acids is 1. The van der Waals surface area contributed by atoms with Crippen molar-refractivity contribution in [1.29, 1.82) is 0 Å². The molecule has 3 rings (SSSR count). The molecule has 0 fully saturated rings. The van der Waals surface area contributed by atoms with E-state index in [-0.39, 0.29) is 48.2 Å². The minimum Gasteiger partial charge on any atom is -0.459 e. The highest BCUT2D eigenvalue weighted by molar-refractivity contribution is 14.0. The fourth-order valence-electron chi connectivity index (χ4n) is 3.00. The van der Waals surface area contributed by atoms with Crippen molar-refractivity contribution >= 4 is 41.5 Å². The summed E-state index contributed by atoms with van der Waals surface area (Å²) in [5, 5.41) is 19.0. The number of aliphatic hydroxyl groups is 1. The summed E-state index contributed by atoms with van der Waals surface area (Å²) in [5.41, 5.74) is 2.74. The summed E-state index contributed by atoms with van der Waals surface area (Å²) in [4.78, 5) is 16.4. The lowest BCUT2D eigenvalue weighted by Gasteiger charge is -2.18. The van der Waals surface area contributed by atoms with Crippen LogP contribution in [0.15, 0.2) is 82.4 Å². The Morgan fingerprint density at radius 2 is 1.87 bits per heavy atom. The lowest BCUT2D eigenvalue weighted by Crippen LogP contribution is -2.39. The number of anilines is 1. The van der Waals surface area contributed by atoms with Gasteiger partial charge in [0.05, 0.1) is 12.9 Å². The Hall–Kier alpha value is -2.85. The van der Waals surface area contributed by atoms with E-state index < -0.39 is 0 Å². The molecule has 4 N–H and O–H groups in total. The molecule has 0 spiro atoms. The van der Waals surface area contributed by atoms with Gasteiger partial charge in [-0.25, -0.2) is 0 Å². The summed E-state index contributed by atoms with van der Waals surface area (Å²) in [7, 11) is 1.70. The summed E-state index contributed by atoms with van der Waals surface area (Å²) in [6, 6.07) is 20.7. The van der Waals surface area contributed by atoms with Crippen LogP contribution in [0, 0.1) is 0 Å². The first kappa shape index (κ1) is 24.4. The van der Waals surface area contributed by atoms with Gasteiger partial charge in [-0.05, 0) is 35.4 Å². The predicted molar refractivity (Wildman–Crippen MR) is 133 cm³/mol. The van der Waals surface area contributed by atoms with E-state index in [4.69, 9.17) is 4.42 Å². The van der Waals surface area contributed by atoms with E-state index >= 15 is 0 Å². The lowest BCUT2D eigenvalue weighted by atomic mass is 10.0. The Bertz CT molecular complexity index is 962. The van der Waals surface area contributed by atoms with Gasteiger partial charge in [-0.2, -0.15) is 0 Å². The molecular weight excluding hydrogens is 507 g/mol. The number of halogens is 1. The Morgan fingerprint density at radius 1 is 1.06 bits per heavy atom. The highest BCUT2D eigenvalue weighted by Crippen LogP contribution is 2.14. The quantitative estimate of drug-likeness (QED) is 0.201. The Morgan fingerprint density at radius 3 is 2.55 bits per heavy atom. The third kappa shape index (κ3) is 7.41. The topological polar surface area (TPSA) is 98.9 Å². The highest BCUT2D eigenvalue weighted by atomic mass is 127. The largest absolute Gasteiger partial charge is 0.459 e. The first-order chi connectivity index (χ1) is 14.7. The molecule has 0 aliphatic carbocycles. The lowest BCUT2D eigenvalue weighted by molar-refractivity contribution is 0.0996. The van der Waals surface area contributed by atoms with Crippen molar-refractivity contribution in [3.63, 3.8) is 0 Å². The van der Waals surface area contributed by atoms with Crippen LogP contribution in [-0.2, 0) is 6.54 Å². The van der Waals surface area contributed by atoms with Crippen molar-refractivity contribution in [1.82, 2.24) is 10.6 Å². The standard InChI is InChI=1S/C23H26N4O3.HI/c1-24-23(26-15-19(16-28)18-8-3-2-4-9-18)25-14-17-7-5-10-20(13-17)27-22(29)21-11-6-12-30-21;/h2-13,19,28H,14-16H2,1H3,(H,27,29)(H2,24,25,26);1H. The van der Waals surface area contributed by atoms with Crippen LogP contribution in [-0.4, -0.2) is 37.2 Å². The molecule has 0 aliphatic rings. The van der Waals surface area contributed by atoms with Gasteiger partial charge in [-0.15, -0.1) is 24.0 Å². The molecule has 1 unspecified atom stereocenters. The second-order valence-electron chi connectivity index (χ2n) is 6.73. The Labute approximate surface area is 199 Å². The monoisotopic (exact) mass is 534 g/mol. The number of nitrogens with zero attached hydrogens (tertiary/aromatic N) is 1. The average molecular weight is 534 g/mol. The van der Waals surface area contributed by atoms with E-state index in [1.807, 2.05) is 54.6 Å². The Kier molecular flexibility index (Phi) is 10.0. The number of amides is 1. The van der Waals surface area contributed by atoms with E-state index in [1.165, 1.54) is 6.26 Å². The molecule has 0 bridgehead atoms. The molecular formula is C23H27IN4O3. The minimum atomic E-state index is -0.293. The van der Waals surface area contributed by atoms with Crippen molar-refractivity contribution in [3.8, 4) is 0 Å². The van der Waals surface area contributed by atoms with Crippen LogP contribution in [0.25, 0.3) is 0 Å².